The van der Waals surface area contributed by atoms with Crippen LogP contribution in [-0.2, 0) is 16.6 Å². The predicted octanol–water partition coefficient (Wildman–Crippen LogP) is 4.06. The summed E-state index contributed by atoms with van der Waals surface area (Å²) in [5, 5.41) is 3.11. The monoisotopic (exact) mass is 296 g/mol. The van der Waals surface area contributed by atoms with Gasteiger partial charge in [0, 0.05) is 11.4 Å². The molecule has 0 aliphatic rings. The zero-order chi connectivity index (χ0) is 16.3. The number of benzene rings is 2. The Morgan fingerprint density at radius 3 is 2.36 bits per heavy atom. The van der Waals surface area contributed by atoms with Gasteiger partial charge >= 0.3 is 0 Å². The van der Waals surface area contributed by atoms with Gasteiger partial charge < -0.3 is 11.1 Å². The molecule has 0 aliphatic carbocycles. The first-order valence-corrected chi connectivity index (χ1v) is 7.62. The third kappa shape index (κ3) is 3.14. The molecule has 116 valence electrons. The van der Waals surface area contributed by atoms with Crippen LogP contribution in [0.5, 0.6) is 0 Å². The van der Waals surface area contributed by atoms with Crippen molar-refractivity contribution in [1.82, 2.24) is 0 Å². The van der Waals surface area contributed by atoms with Crippen molar-refractivity contribution in [2.75, 3.05) is 11.1 Å². The summed E-state index contributed by atoms with van der Waals surface area (Å²) in [6, 6.07) is 13.6. The lowest BCUT2D eigenvalue weighted by Crippen LogP contribution is -2.35. The van der Waals surface area contributed by atoms with Crippen LogP contribution in [0.1, 0.15) is 37.5 Å². The van der Waals surface area contributed by atoms with Crippen LogP contribution in [0.2, 0.25) is 0 Å². The normalized spacial score (nSPS) is 11.3. The third-order valence-corrected chi connectivity index (χ3v) is 4.18. The zero-order valence-electron chi connectivity index (χ0n) is 13.7. The summed E-state index contributed by atoms with van der Waals surface area (Å²) >= 11 is 0. The molecule has 2 aromatic rings. The Bertz CT molecular complexity index is 672. The maximum atomic E-state index is 12.8. The van der Waals surface area contributed by atoms with Gasteiger partial charge in [-0.3, -0.25) is 4.79 Å². The zero-order valence-corrected chi connectivity index (χ0v) is 13.7. The summed E-state index contributed by atoms with van der Waals surface area (Å²) in [5.41, 5.74) is 9.92. The second-order valence-corrected chi connectivity index (χ2v) is 6.16. The van der Waals surface area contributed by atoms with Crippen LogP contribution in [0, 0.1) is 6.92 Å². The minimum Gasteiger partial charge on any atom is -0.399 e. The van der Waals surface area contributed by atoms with Crippen LogP contribution < -0.4 is 11.1 Å². The van der Waals surface area contributed by atoms with Gasteiger partial charge in [0.2, 0.25) is 5.91 Å². The van der Waals surface area contributed by atoms with E-state index >= 15 is 0 Å². The summed E-state index contributed by atoms with van der Waals surface area (Å²) in [6.07, 6.45) is 0.888. The molecule has 0 bridgehead atoms. The molecule has 2 rings (SSSR count). The minimum absolute atomic E-state index is 0.0127. The van der Waals surface area contributed by atoms with Gasteiger partial charge in [-0.25, -0.2) is 0 Å². The van der Waals surface area contributed by atoms with Gasteiger partial charge in [0.15, 0.2) is 0 Å². The molecule has 0 unspecified atom stereocenters. The van der Waals surface area contributed by atoms with Crippen molar-refractivity contribution < 1.29 is 4.79 Å². The van der Waals surface area contributed by atoms with Crippen LogP contribution in [0.4, 0.5) is 11.4 Å². The molecule has 3 N–H and O–H groups in total. The molecule has 0 spiro atoms. The molecular weight excluding hydrogens is 272 g/mol. The average Bonchev–Trinajstić information content (AvgIpc) is 2.49. The molecule has 0 saturated carbocycles. The van der Waals surface area contributed by atoms with Gasteiger partial charge in [-0.05, 0) is 56.0 Å². The number of rotatable bonds is 4. The standard InChI is InChI=1S/C19H24N2O/c1-5-14-8-6-7-13(2)17(14)21-18(22)19(3,4)15-9-11-16(20)12-10-15/h6-12H,5,20H2,1-4H3,(H,21,22). The highest BCUT2D eigenvalue weighted by molar-refractivity contribution is 5.99. The summed E-state index contributed by atoms with van der Waals surface area (Å²) in [5.74, 6) is -0.0127. The van der Waals surface area contributed by atoms with Gasteiger partial charge in [0.05, 0.1) is 5.41 Å². The van der Waals surface area contributed by atoms with Crippen molar-refractivity contribution >= 4 is 17.3 Å². The van der Waals surface area contributed by atoms with E-state index in [0.29, 0.717) is 5.69 Å². The molecule has 3 nitrogen and oxygen atoms in total. The second-order valence-electron chi connectivity index (χ2n) is 6.16. The van der Waals surface area contributed by atoms with E-state index in [1.54, 1.807) is 0 Å². The second kappa shape index (κ2) is 6.22. The first-order chi connectivity index (χ1) is 10.4. The van der Waals surface area contributed by atoms with Crippen molar-refractivity contribution in [1.29, 1.82) is 0 Å². The lowest BCUT2D eigenvalue weighted by atomic mass is 9.83. The Morgan fingerprint density at radius 2 is 1.77 bits per heavy atom. The molecule has 0 radical (unpaired) electrons. The fraction of sp³-hybridized carbons (Fsp3) is 0.316. The average molecular weight is 296 g/mol. The van der Waals surface area contributed by atoms with Crippen molar-refractivity contribution in [3.63, 3.8) is 0 Å². The van der Waals surface area contributed by atoms with Crippen molar-refractivity contribution in [3.05, 3.63) is 59.2 Å². The van der Waals surface area contributed by atoms with E-state index in [-0.39, 0.29) is 5.91 Å². The minimum atomic E-state index is -0.624. The molecular formula is C19H24N2O. The van der Waals surface area contributed by atoms with Crippen LogP contribution in [-0.4, -0.2) is 5.91 Å². The van der Waals surface area contributed by atoms with Crippen molar-refractivity contribution in [3.8, 4) is 0 Å². The first-order valence-electron chi connectivity index (χ1n) is 7.62. The number of hydrogen-bond acceptors (Lipinski definition) is 2. The Morgan fingerprint density at radius 1 is 1.14 bits per heavy atom. The number of para-hydroxylation sites is 1. The van der Waals surface area contributed by atoms with Gasteiger partial charge in [-0.2, -0.15) is 0 Å². The number of nitrogens with two attached hydrogens (primary N) is 1. The highest BCUT2D eigenvalue weighted by Gasteiger charge is 2.30. The fourth-order valence-corrected chi connectivity index (χ4v) is 2.50. The molecule has 0 aromatic heterocycles. The van der Waals surface area contributed by atoms with E-state index in [1.807, 2.05) is 57.2 Å². The predicted molar refractivity (Wildman–Crippen MR) is 93.1 cm³/mol. The largest absolute Gasteiger partial charge is 0.399 e. The van der Waals surface area contributed by atoms with E-state index in [9.17, 15) is 4.79 Å². The number of amides is 1. The molecule has 0 atom stereocenters. The smallest absolute Gasteiger partial charge is 0.234 e. The number of hydrogen-bond donors (Lipinski definition) is 2. The lowest BCUT2D eigenvalue weighted by molar-refractivity contribution is -0.120. The van der Waals surface area contributed by atoms with E-state index in [0.717, 1.165) is 28.8 Å². The maximum absolute atomic E-state index is 12.8. The highest BCUT2D eigenvalue weighted by atomic mass is 16.2. The number of nitrogens with one attached hydrogen (secondary N) is 1. The van der Waals surface area contributed by atoms with E-state index in [4.69, 9.17) is 5.73 Å². The Kier molecular flexibility index (Phi) is 4.55. The van der Waals surface area contributed by atoms with Crippen molar-refractivity contribution in [2.45, 2.75) is 39.5 Å². The van der Waals surface area contributed by atoms with Crippen molar-refractivity contribution in [2.24, 2.45) is 0 Å². The van der Waals surface area contributed by atoms with Crippen LogP contribution >= 0.6 is 0 Å². The van der Waals surface area contributed by atoms with Crippen LogP contribution in [0.15, 0.2) is 42.5 Å². The Labute approximate surface area is 132 Å². The maximum Gasteiger partial charge on any atom is 0.234 e. The molecule has 22 heavy (non-hydrogen) atoms. The SMILES string of the molecule is CCc1cccc(C)c1NC(=O)C(C)(C)c1ccc(N)cc1. The Hall–Kier alpha value is -2.29. The molecule has 0 fully saturated rings. The van der Waals surface area contributed by atoms with E-state index in [1.165, 1.54) is 0 Å². The summed E-state index contributed by atoms with van der Waals surface area (Å²) in [7, 11) is 0. The Balaban J connectivity index is 2.30. The fourth-order valence-electron chi connectivity index (χ4n) is 2.50. The summed E-state index contributed by atoms with van der Waals surface area (Å²) in [6.45, 7) is 7.97. The molecule has 0 aliphatic heterocycles. The summed E-state index contributed by atoms with van der Waals surface area (Å²) < 4.78 is 0. The highest BCUT2D eigenvalue weighted by Crippen LogP contribution is 2.28. The summed E-state index contributed by atoms with van der Waals surface area (Å²) in [4.78, 5) is 12.8. The third-order valence-electron chi connectivity index (χ3n) is 4.18. The van der Waals surface area contributed by atoms with Gasteiger partial charge in [-0.1, -0.05) is 37.3 Å². The first kappa shape index (κ1) is 16.1. The molecule has 3 heteroatoms. The van der Waals surface area contributed by atoms with E-state index < -0.39 is 5.41 Å². The molecule has 0 heterocycles. The van der Waals surface area contributed by atoms with Gasteiger partial charge in [-0.15, -0.1) is 0 Å². The number of carbonyl (C=O) groups is 1. The van der Waals surface area contributed by atoms with E-state index in [2.05, 4.69) is 18.3 Å². The number of carbonyl (C=O) groups excluding carboxylic acids is 1. The quantitative estimate of drug-likeness (QED) is 0.836. The topological polar surface area (TPSA) is 55.1 Å². The lowest BCUT2D eigenvalue weighted by Gasteiger charge is -2.25. The van der Waals surface area contributed by atoms with Gasteiger partial charge in [0.1, 0.15) is 0 Å². The number of aryl methyl sites for hydroxylation is 2. The van der Waals surface area contributed by atoms with Gasteiger partial charge in [0.25, 0.3) is 0 Å². The molecule has 0 saturated heterocycles. The number of nitrogen functional groups attached to an aromatic ring is 1. The molecule has 2 aromatic carbocycles. The number of anilines is 2. The van der Waals surface area contributed by atoms with Crippen LogP contribution in [0.25, 0.3) is 0 Å². The molecule has 1 amide bonds. The van der Waals surface area contributed by atoms with Crippen LogP contribution in [0.3, 0.4) is 0 Å².